The number of aryl methyl sites for hydroxylation is 1. The fraction of sp³-hybridized carbons (Fsp3) is 0.0667. The summed E-state index contributed by atoms with van der Waals surface area (Å²) in [6.45, 7) is 0. The number of halogens is 2. The zero-order chi connectivity index (χ0) is 14.8. The molecular formula is C15H12Cl2N4. The van der Waals surface area contributed by atoms with Crippen molar-refractivity contribution >= 4 is 45.0 Å². The van der Waals surface area contributed by atoms with Crippen molar-refractivity contribution in [2.75, 3.05) is 0 Å². The maximum absolute atomic E-state index is 5.92. The first-order chi connectivity index (χ1) is 10.2. The molecular weight excluding hydrogens is 307 g/mol. The molecule has 0 unspecified atom stereocenters. The fourth-order valence-electron chi connectivity index (χ4n) is 2.07. The van der Waals surface area contributed by atoms with Gasteiger partial charge in [0.2, 0.25) is 0 Å². The molecule has 0 aliphatic carbocycles. The highest BCUT2D eigenvalue weighted by molar-refractivity contribution is 6.35. The summed E-state index contributed by atoms with van der Waals surface area (Å²) in [5.74, 6) is 0. The normalized spacial score (nSPS) is 10.6. The van der Waals surface area contributed by atoms with E-state index in [2.05, 4.69) is 15.3 Å². The number of hydrogen-bond donors (Lipinski definition) is 1. The second-order valence-electron chi connectivity index (χ2n) is 4.51. The van der Waals surface area contributed by atoms with Crippen LogP contribution in [0.4, 0.5) is 0 Å². The smallest absolute Gasteiger partial charge is 0.0694 e. The van der Waals surface area contributed by atoms with E-state index in [1.165, 1.54) is 0 Å². The number of aromatic nitrogens is 4. The van der Waals surface area contributed by atoms with Crippen LogP contribution in [-0.2, 0) is 7.05 Å². The van der Waals surface area contributed by atoms with Gasteiger partial charge in [-0.1, -0.05) is 35.3 Å². The Morgan fingerprint density at radius 3 is 2.38 bits per heavy atom. The first-order valence-corrected chi connectivity index (χ1v) is 7.06. The topological polar surface area (TPSA) is 46.5 Å². The van der Waals surface area contributed by atoms with Crippen molar-refractivity contribution in [3.63, 3.8) is 0 Å². The van der Waals surface area contributed by atoms with Gasteiger partial charge < -0.3 is 0 Å². The molecule has 0 spiro atoms. The molecule has 21 heavy (non-hydrogen) atoms. The van der Waals surface area contributed by atoms with Gasteiger partial charge >= 0.3 is 0 Å². The summed E-state index contributed by atoms with van der Waals surface area (Å²) in [5, 5.41) is 14.3. The lowest BCUT2D eigenvalue weighted by Crippen LogP contribution is -1.87. The number of nitrogens with zero attached hydrogens (tertiary/aromatic N) is 3. The van der Waals surface area contributed by atoms with Gasteiger partial charge in [0.05, 0.1) is 33.5 Å². The Balaban J connectivity index is 0.000000126. The van der Waals surface area contributed by atoms with Gasteiger partial charge in [-0.2, -0.15) is 10.2 Å². The van der Waals surface area contributed by atoms with E-state index < -0.39 is 0 Å². The van der Waals surface area contributed by atoms with Crippen LogP contribution in [0.5, 0.6) is 0 Å². The predicted molar refractivity (Wildman–Crippen MR) is 86.8 cm³/mol. The van der Waals surface area contributed by atoms with Crippen LogP contribution in [0.15, 0.2) is 48.8 Å². The number of nitrogens with one attached hydrogen (secondary N) is 1. The van der Waals surface area contributed by atoms with Gasteiger partial charge in [0.25, 0.3) is 0 Å². The molecule has 0 fully saturated rings. The van der Waals surface area contributed by atoms with Crippen molar-refractivity contribution in [2.24, 2.45) is 7.05 Å². The lowest BCUT2D eigenvalue weighted by Gasteiger charge is -1.93. The third-order valence-corrected chi connectivity index (χ3v) is 3.83. The van der Waals surface area contributed by atoms with Crippen LogP contribution >= 0.6 is 23.2 Å². The molecule has 0 radical (unpaired) electrons. The molecule has 0 bridgehead atoms. The minimum Gasteiger partial charge on any atom is -0.278 e. The molecule has 4 aromatic rings. The van der Waals surface area contributed by atoms with Gasteiger partial charge in [0.15, 0.2) is 0 Å². The van der Waals surface area contributed by atoms with Crippen molar-refractivity contribution in [3.05, 3.63) is 58.8 Å². The lowest BCUT2D eigenvalue weighted by atomic mass is 10.2. The summed E-state index contributed by atoms with van der Waals surface area (Å²) in [6, 6.07) is 11.5. The van der Waals surface area contributed by atoms with E-state index in [1.54, 1.807) is 17.1 Å². The molecule has 106 valence electrons. The van der Waals surface area contributed by atoms with E-state index in [9.17, 15) is 0 Å². The molecule has 0 aliphatic rings. The Bertz CT molecular complexity index is 895. The summed E-state index contributed by atoms with van der Waals surface area (Å²) in [7, 11) is 1.90. The van der Waals surface area contributed by atoms with Crippen molar-refractivity contribution in [2.45, 2.75) is 0 Å². The van der Waals surface area contributed by atoms with E-state index in [-0.39, 0.29) is 0 Å². The minimum absolute atomic E-state index is 0.742. The monoisotopic (exact) mass is 318 g/mol. The van der Waals surface area contributed by atoms with E-state index in [0.717, 1.165) is 31.9 Å². The molecule has 0 aliphatic heterocycles. The summed E-state index contributed by atoms with van der Waals surface area (Å²) >= 11 is 11.8. The van der Waals surface area contributed by atoms with Crippen LogP contribution in [0.25, 0.3) is 21.8 Å². The van der Waals surface area contributed by atoms with E-state index in [0.29, 0.717) is 0 Å². The van der Waals surface area contributed by atoms with Crippen LogP contribution in [0, 0.1) is 0 Å². The van der Waals surface area contributed by atoms with Gasteiger partial charge in [-0.15, -0.1) is 0 Å². The Morgan fingerprint density at radius 2 is 1.67 bits per heavy atom. The Hall–Kier alpha value is -2.04. The number of hydrogen-bond acceptors (Lipinski definition) is 2. The van der Waals surface area contributed by atoms with E-state index in [1.807, 2.05) is 43.4 Å². The Labute approximate surface area is 131 Å². The van der Waals surface area contributed by atoms with Crippen LogP contribution in [0.3, 0.4) is 0 Å². The largest absolute Gasteiger partial charge is 0.278 e. The zero-order valence-corrected chi connectivity index (χ0v) is 12.7. The molecule has 6 heteroatoms. The zero-order valence-electron chi connectivity index (χ0n) is 11.2. The van der Waals surface area contributed by atoms with Crippen molar-refractivity contribution in [1.82, 2.24) is 20.0 Å². The van der Waals surface area contributed by atoms with Crippen molar-refractivity contribution in [3.8, 4) is 0 Å². The highest BCUT2D eigenvalue weighted by atomic mass is 35.5. The number of aromatic amines is 1. The summed E-state index contributed by atoms with van der Waals surface area (Å²) < 4.78 is 1.81. The number of rotatable bonds is 0. The quantitative estimate of drug-likeness (QED) is 0.521. The molecule has 0 amide bonds. The second kappa shape index (κ2) is 5.76. The molecule has 2 aromatic heterocycles. The van der Waals surface area contributed by atoms with Crippen LogP contribution in [0.2, 0.25) is 10.0 Å². The van der Waals surface area contributed by atoms with Gasteiger partial charge in [0.1, 0.15) is 0 Å². The highest BCUT2D eigenvalue weighted by Crippen LogP contribution is 2.21. The van der Waals surface area contributed by atoms with Crippen molar-refractivity contribution in [1.29, 1.82) is 0 Å². The second-order valence-corrected chi connectivity index (χ2v) is 5.33. The SMILES string of the molecule is Clc1cccc2[nH]ncc12.Cn1ncc2c(Cl)cccc21. The van der Waals surface area contributed by atoms with Crippen LogP contribution < -0.4 is 0 Å². The third kappa shape index (κ3) is 2.73. The lowest BCUT2D eigenvalue weighted by molar-refractivity contribution is 0.797. The highest BCUT2D eigenvalue weighted by Gasteiger charge is 2.00. The molecule has 4 rings (SSSR count). The maximum atomic E-state index is 5.92. The average Bonchev–Trinajstić information content (AvgIpc) is 3.09. The third-order valence-electron chi connectivity index (χ3n) is 3.17. The number of fused-ring (bicyclic) bond motifs is 2. The van der Waals surface area contributed by atoms with E-state index >= 15 is 0 Å². The minimum atomic E-state index is 0.742. The standard InChI is InChI=1S/C8H7ClN2.C7H5ClN2/c1-11-8-4-2-3-7(9)6(8)5-10-11;8-6-2-1-3-7-5(6)4-9-10-7/h2-5H,1H3;1-4H,(H,9,10). The molecule has 0 saturated carbocycles. The number of H-pyrrole nitrogens is 1. The first kappa shape index (κ1) is 13.9. The van der Waals surface area contributed by atoms with Gasteiger partial charge in [-0.25, -0.2) is 0 Å². The molecule has 4 nitrogen and oxygen atoms in total. The van der Waals surface area contributed by atoms with Crippen molar-refractivity contribution < 1.29 is 0 Å². The van der Waals surface area contributed by atoms with Gasteiger partial charge in [0, 0.05) is 17.8 Å². The van der Waals surface area contributed by atoms with Crippen LogP contribution in [0.1, 0.15) is 0 Å². The van der Waals surface area contributed by atoms with Gasteiger partial charge in [-0.3, -0.25) is 9.78 Å². The fourth-order valence-corrected chi connectivity index (χ4v) is 2.52. The summed E-state index contributed by atoms with van der Waals surface area (Å²) in [5.41, 5.74) is 2.05. The molecule has 1 N–H and O–H groups in total. The average molecular weight is 319 g/mol. The maximum Gasteiger partial charge on any atom is 0.0694 e. The van der Waals surface area contributed by atoms with E-state index in [4.69, 9.17) is 23.2 Å². The Morgan fingerprint density at radius 1 is 0.952 bits per heavy atom. The predicted octanol–water partition coefficient (Wildman–Crippen LogP) is 4.44. The molecule has 2 aromatic carbocycles. The number of benzene rings is 2. The van der Waals surface area contributed by atoms with Gasteiger partial charge in [-0.05, 0) is 24.3 Å². The summed E-state index contributed by atoms with van der Waals surface area (Å²) in [6.07, 6.45) is 3.50. The molecule has 2 heterocycles. The Kier molecular flexibility index (Phi) is 3.82. The summed E-state index contributed by atoms with van der Waals surface area (Å²) in [4.78, 5) is 0. The molecule has 0 saturated heterocycles. The molecule has 0 atom stereocenters. The first-order valence-electron chi connectivity index (χ1n) is 6.30. The van der Waals surface area contributed by atoms with Crippen LogP contribution in [-0.4, -0.2) is 20.0 Å².